The minimum Gasteiger partial charge on any atom is -0.486 e. The average molecular weight is 415 g/mol. The Bertz CT molecular complexity index is 1170. The SMILES string of the molecule is O=C(Nc1cnn(C[C@H]2COc3ccccc3O2)c1)c1ccc(Cn2ccnc2)cc1. The van der Waals surface area contributed by atoms with Crippen molar-refractivity contribution in [3.63, 3.8) is 0 Å². The van der Waals surface area contributed by atoms with Crippen molar-refractivity contribution in [2.24, 2.45) is 0 Å². The molecule has 1 N–H and O–H groups in total. The van der Waals surface area contributed by atoms with Crippen LogP contribution in [0.3, 0.4) is 0 Å². The van der Waals surface area contributed by atoms with Crippen molar-refractivity contribution in [2.75, 3.05) is 11.9 Å². The predicted molar refractivity (Wildman–Crippen MR) is 114 cm³/mol. The first-order valence-corrected chi connectivity index (χ1v) is 10.00. The lowest BCUT2D eigenvalue weighted by molar-refractivity contribution is 0.0759. The molecule has 1 atom stereocenters. The fourth-order valence-corrected chi connectivity index (χ4v) is 3.45. The van der Waals surface area contributed by atoms with E-state index in [9.17, 15) is 4.79 Å². The van der Waals surface area contributed by atoms with Gasteiger partial charge in [-0.1, -0.05) is 24.3 Å². The smallest absolute Gasteiger partial charge is 0.255 e. The quantitative estimate of drug-likeness (QED) is 0.523. The van der Waals surface area contributed by atoms with E-state index in [0.717, 1.165) is 17.1 Å². The molecule has 4 aromatic rings. The number of nitrogens with one attached hydrogen (secondary N) is 1. The minimum absolute atomic E-state index is 0.151. The Labute approximate surface area is 179 Å². The topological polar surface area (TPSA) is 83.2 Å². The summed E-state index contributed by atoms with van der Waals surface area (Å²) in [6.45, 7) is 1.68. The molecule has 3 heterocycles. The van der Waals surface area contributed by atoms with Crippen LogP contribution in [0.15, 0.2) is 79.6 Å². The van der Waals surface area contributed by atoms with Crippen LogP contribution in [0.5, 0.6) is 11.5 Å². The molecule has 156 valence electrons. The van der Waals surface area contributed by atoms with E-state index in [2.05, 4.69) is 15.4 Å². The summed E-state index contributed by atoms with van der Waals surface area (Å²) >= 11 is 0. The highest BCUT2D eigenvalue weighted by Gasteiger charge is 2.21. The Morgan fingerprint density at radius 2 is 1.97 bits per heavy atom. The van der Waals surface area contributed by atoms with Crippen molar-refractivity contribution in [3.05, 3.63) is 90.8 Å². The fourth-order valence-electron chi connectivity index (χ4n) is 3.45. The van der Waals surface area contributed by atoms with Crippen molar-refractivity contribution in [1.82, 2.24) is 19.3 Å². The van der Waals surface area contributed by atoms with Crippen molar-refractivity contribution < 1.29 is 14.3 Å². The second kappa shape index (κ2) is 8.35. The molecule has 31 heavy (non-hydrogen) atoms. The molecule has 2 aromatic heterocycles. The Kier molecular flexibility index (Phi) is 5.10. The van der Waals surface area contributed by atoms with E-state index in [4.69, 9.17) is 9.47 Å². The molecule has 8 heteroatoms. The summed E-state index contributed by atoms with van der Waals surface area (Å²) in [4.78, 5) is 16.6. The third-order valence-electron chi connectivity index (χ3n) is 4.99. The Hall–Kier alpha value is -4.07. The summed E-state index contributed by atoms with van der Waals surface area (Å²) in [6.07, 6.45) is 8.68. The number of carbonyl (C=O) groups is 1. The summed E-state index contributed by atoms with van der Waals surface area (Å²) in [5.74, 6) is 1.30. The fraction of sp³-hybridized carbons (Fsp3) is 0.174. The van der Waals surface area contributed by atoms with E-state index in [0.29, 0.717) is 30.9 Å². The van der Waals surface area contributed by atoms with Crippen molar-refractivity contribution in [1.29, 1.82) is 0 Å². The van der Waals surface area contributed by atoms with Crippen molar-refractivity contribution in [2.45, 2.75) is 19.2 Å². The van der Waals surface area contributed by atoms with Gasteiger partial charge in [-0.2, -0.15) is 5.10 Å². The Balaban J connectivity index is 1.17. The first-order chi connectivity index (χ1) is 15.2. The number of ether oxygens (including phenoxy) is 2. The molecule has 0 fully saturated rings. The first kappa shape index (κ1) is 18.9. The van der Waals surface area contributed by atoms with Gasteiger partial charge in [-0.05, 0) is 29.8 Å². The Morgan fingerprint density at radius 1 is 1.13 bits per heavy atom. The minimum atomic E-state index is -0.181. The summed E-state index contributed by atoms with van der Waals surface area (Å²) in [6, 6.07) is 15.1. The lowest BCUT2D eigenvalue weighted by atomic mass is 10.1. The zero-order chi connectivity index (χ0) is 21.0. The second-order valence-electron chi connectivity index (χ2n) is 7.33. The van der Waals surface area contributed by atoms with E-state index in [1.165, 1.54) is 0 Å². The molecule has 1 aliphatic rings. The molecule has 0 saturated heterocycles. The molecule has 0 unspecified atom stereocenters. The number of rotatable bonds is 6. The van der Waals surface area contributed by atoms with Gasteiger partial charge in [0.25, 0.3) is 5.91 Å². The number of para-hydroxylation sites is 2. The predicted octanol–water partition coefficient (Wildman–Crippen LogP) is 3.22. The molecular weight excluding hydrogens is 394 g/mol. The molecule has 1 aliphatic heterocycles. The van der Waals surface area contributed by atoms with Gasteiger partial charge in [-0.15, -0.1) is 0 Å². The van der Waals surface area contributed by atoms with Gasteiger partial charge in [0, 0.05) is 30.7 Å². The standard InChI is InChI=1S/C23H21N5O3/c29-23(18-7-5-17(6-8-18)12-27-10-9-24-16-27)26-19-11-25-28(13-19)14-20-15-30-21-3-1-2-4-22(21)31-20/h1-11,13,16,20H,12,14-15H2,(H,26,29)/t20-/m0/s1. The summed E-state index contributed by atoms with van der Waals surface area (Å²) in [7, 11) is 0. The van der Waals surface area contributed by atoms with Gasteiger partial charge in [0.05, 0.1) is 24.8 Å². The molecule has 8 nitrogen and oxygen atoms in total. The number of carbonyl (C=O) groups excluding carboxylic acids is 1. The molecule has 0 spiro atoms. The normalized spacial score (nSPS) is 14.9. The summed E-state index contributed by atoms with van der Waals surface area (Å²) in [5.41, 5.74) is 2.31. The molecule has 0 aliphatic carbocycles. The second-order valence-corrected chi connectivity index (χ2v) is 7.33. The number of amides is 1. The van der Waals surface area contributed by atoms with Crippen LogP contribution in [-0.2, 0) is 13.1 Å². The van der Waals surface area contributed by atoms with Gasteiger partial charge >= 0.3 is 0 Å². The number of imidazole rings is 1. The molecule has 1 amide bonds. The van der Waals surface area contributed by atoms with Gasteiger partial charge < -0.3 is 19.4 Å². The molecule has 0 bridgehead atoms. The van der Waals surface area contributed by atoms with Crippen LogP contribution in [0.2, 0.25) is 0 Å². The van der Waals surface area contributed by atoms with Crippen molar-refractivity contribution in [3.8, 4) is 11.5 Å². The largest absolute Gasteiger partial charge is 0.486 e. The van der Waals surface area contributed by atoms with E-state index >= 15 is 0 Å². The number of benzene rings is 2. The lowest BCUT2D eigenvalue weighted by Crippen LogP contribution is -2.33. The molecule has 5 rings (SSSR count). The highest BCUT2D eigenvalue weighted by Crippen LogP contribution is 2.31. The number of hydrogen-bond acceptors (Lipinski definition) is 5. The van der Waals surface area contributed by atoms with Crippen LogP contribution in [-0.4, -0.2) is 37.9 Å². The van der Waals surface area contributed by atoms with Crippen LogP contribution < -0.4 is 14.8 Å². The number of anilines is 1. The average Bonchev–Trinajstić information content (AvgIpc) is 3.46. The highest BCUT2D eigenvalue weighted by molar-refractivity contribution is 6.04. The molecule has 0 radical (unpaired) electrons. The van der Waals surface area contributed by atoms with E-state index in [1.54, 1.807) is 29.6 Å². The number of aromatic nitrogens is 4. The number of nitrogens with zero attached hydrogens (tertiary/aromatic N) is 4. The van der Waals surface area contributed by atoms with Gasteiger partial charge in [-0.3, -0.25) is 9.48 Å². The van der Waals surface area contributed by atoms with Crippen LogP contribution >= 0.6 is 0 Å². The lowest BCUT2D eigenvalue weighted by Gasteiger charge is -2.26. The summed E-state index contributed by atoms with van der Waals surface area (Å²) < 4.78 is 15.4. The monoisotopic (exact) mass is 415 g/mol. The maximum atomic E-state index is 12.6. The first-order valence-electron chi connectivity index (χ1n) is 10.00. The van der Waals surface area contributed by atoms with Gasteiger partial charge in [0.1, 0.15) is 6.61 Å². The Morgan fingerprint density at radius 3 is 2.77 bits per heavy atom. The van der Waals surface area contributed by atoms with E-state index < -0.39 is 0 Å². The molecular formula is C23H21N5O3. The third kappa shape index (κ3) is 4.42. The summed E-state index contributed by atoms with van der Waals surface area (Å²) in [5, 5.41) is 7.21. The van der Waals surface area contributed by atoms with Crippen LogP contribution in [0.4, 0.5) is 5.69 Å². The van der Waals surface area contributed by atoms with Crippen LogP contribution in [0.1, 0.15) is 15.9 Å². The maximum absolute atomic E-state index is 12.6. The van der Waals surface area contributed by atoms with Gasteiger partial charge in [-0.25, -0.2) is 4.98 Å². The zero-order valence-electron chi connectivity index (χ0n) is 16.7. The molecule has 2 aromatic carbocycles. The van der Waals surface area contributed by atoms with Crippen LogP contribution in [0.25, 0.3) is 0 Å². The zero-order valence-corrected chi connectivity index (χ0v) is 16.7. The third-order valence-corrected chi connectivity index (χ3v) is 4.99. The van der Waals surface area contributed by atoms with E-state index in [-0.39, 0.29) is 12.0 Å². The van der Waals surface area contributed by atoms with Gasteiger partial charge in [0.15, 0.2) is 17.6 Å². The van der Waals surface area contributed by atoms with Crippen LogP contribution in [0, 0.1) is 0 Å². The van der Waals surface area contributed by atoms with Crippen molar-refractivity contribution >= 4 is 11.6 Å². The van der Waals surface area contributed by atoms with Gasteiger partial charge in [0.2, 0.25) is 0 Å². The number of fused-ring (bicyclic) bond motifs is 1. The maximum Gasteiger partial charge on any atom is 0.255 e. The molecule has 0 saturated carbocycles. The highest BCUT2D eigenvalue weighted by atomic mass is 16.6. The number of hydrogen-bond donors (Lipinski definition) is 1. The van der Waals surface area contributed by atoms with E-state index in [1.807, 2.05) is 59.3 Å².